The second kappa shape index (κ2) is 8.13. The van der Waals surface area contributed by atoms with Crippen LogP contribution in [0, 0.1) is 11.3 Å². The van der Waals surface area contributed by atoms with Crippen molar-refractivity contribution >= 4 is 22.5 Å². The number of anilines is 1. The summed E-state index contributed by atoms with van der Waals surface area (Å²) in [4.78, 5) is 15.1. The summed E-state index contributed by atoms with van der Waals surface area (Å²) in [5.41, 5.74) is 6.13. The van der Waals surface area contributed by atoms with Gasteiger partial charge in [-0.1, -0.05) is 24.8 Å². The second-order valence-corrected chi connectivity index (χ2v) is 8.60. The first-order valence-corrected chi connectivity index (χ1v) is 11.0. The van der Waals surface area contributed by atoms with E-state index in [0.29, 0.717) is 18.2 Å². The molecule has 0 radical (unpaired) electrons. The van der Waals surface area contributed by atoms with Gasteiger partial charge in [0.15, 0.2) is 0 Å². The fourth-order valence-electron chi connectivity index (χ4n) is 4.76. The Morgan fingerprint density at radius 3 is 2.91 bits per heavy atom. The van der Waals surface area contributed by atoms with E-state index in [4.69, 9.17) is 0 Å². The van der Waals surface area contributed by atoms with Crippen LogP contribution < -0.4 is 10.6 Å². The Balaban J connectivity index is 1.58. The Labute approximate surface area is 187 Å². The summed E-state index contributed by atoms with van der Waals surface area (Å²) in [5.74, 6) is -0.0451. The third-order valence-corrected chi connectivity index (χ3v) is 6.46. The maximum Gasteiger partial charge on any atom is 0.256 e. The van der Waals surface area contributed by atoms with Crippen LogP contribution >= 0.6 is 0 Å². The highest BCUT2D eigenvalue weighted by Gasteiger charge is 2.33. The van der Waals surface area contributed by atoms with Crippen LogP contribution in [0.2, 0.25) is 0 Å². The number of aryl methyl sites for hydroxylation is 1. The molecule has 0 saturated carbocycles. The smallest absolute Gasteiger partial charge is 0.256 e. The van der Waals surface area contributed by atoms with Crippen molar-refractivity contribution in [2.75, 3.05) is 25.0 Å². The van der Waals surface area contributed by atoms with Gasteiger partial charge in [-0.15, -0.1) is 0 Å². The van der Waals surface area contributed by atoms with Crippen molar-refractivity contribution in [3.8, 4) is 17.2 Å². The molecule has 1 amide bonds. The molecule has 32 heavy (non-hydrogen) atoms. The largest absolute Gasteiger partial charge is 0.382 e. The first-order valence-electron chi connectivity index (χ1n) is 11.0. The SMILES string of the molecule is C=C(C#N)CN1Cc2c(-c3ccc4cnn(C)c4c3)ccc(NC3CCNCC3)c2C1=O. The highest BCUT2D eigenvalue weighted by Crippen LogP contribution is 2.38. The minimum absolute atomic E-state index is 0.0451. The lowest BCUT2D eigenvalue weighted by Crippen LogP contribution is -2.35. The molecule has 5 rings (SSSR count). The summed E-state index contributed by atoms with van der Waals surface area (Å²) in [6, 6.07) is 12.8. The van der Waals surface area contributed by atoms with Crippen molar-refractivity contribution in [1.82, 2.24) is 20.0 Å². The fraction of sp³-hybridized carbons (Fsp3) is 0.320. The molecule has 0 bridgehead atoms. The Morgan fingerprint density at radius 2 is 2.12 bits per heavy atom. The summed E-state index contributed by atoms with van der Waals surface area (Å²) < 4.78 is 1.86. The number of hydrogen-bond acceptors (Lipinski definition) is 5. The lowest BCUT2D eigenvalue weighted by molar-refractivity contribution is 0.0794. The van der Waals surface area contributed by atoms with Crippen molar-refractivity contribution in [2.24, 2.45) is 7.05 Å². The molecule has 0 aliphatic carbocycles. The molecule has 1 fully saturated rings. The Kier molecular flexibility index (Phi) is 5.16. The number of carbonyl (C=O) groups is 1. The number of nitrogens with zero attached hydrogens (tertiary/aromatic N) is 4. The normalized spacial score (nSPS) is 16.2. The zero-order chi connectivity index (χ0) is 22.2. The molecular weight excluding hydrogens is 400 g/mol. The number of rotatable bonds is 5. The number of fused-ring (bicyclic) bond motifs is 2. The van der Waals surface area contributed by atoms with Crippen molar-refractivity contribution in [1.29, 1.82) is 5.26 Å². The molecule has 7 nitrogen and oxygen atoms in total. The third-order valence-electron chi connectivity index (χ3n) is 6.46. The standard InChI is InChI=1S/C25H26N6O/c1-16(12-26)14-31-15-21-20(17-3-4-18-13-28-30(2)23(18)11-17)5-6-22(24(21)25(31)32)29-19-7-9-27-10-8-19/h3-6,11,13,19,27,29H,1,7-10,14-15H2,2H3. The van der Waals surface area contributed by atoms with Gasteiger partial charge in [0.2, 0.25) is 0 Å². The van der Waals surface area contributed by atoms with E-state index in [0.717, 1.165) is 64.8 Å². The molecule has 3 aromatic rings. The summed E-state index contributed by atoms with van der Waals surface area (Å²) >= 11 is 0. The predicted octanol–water partition coefficient (Wildman–Crippen LogP) is 3.44. The molecular formula is C25H26N6O. The van der Waals surface area contributed by atoms with Crippen molar-refractivity contribution in [3.63, 3.8) is 0 Å². The summed E-state index contributed by atoms with van der Waals surface area (Å²) in [6.45, 7) is 6.45. The Morgan fingerprint density at radius 1 is 1.31 bits per heavy atom. The topological polar surface area (TPSA) is 86.0 Å². The molecule has 2 aliphatic heterocycles. The van der Waals surface area contributed by atoms with E-state index < -0.39 is 0 Å². The number of amides is 1. The van der Waals surface area contributed by atoms with Crippen LogP contribution in [0.15, 0.2) is 48.7 Å². The number of carbonyl (C=O) groups excluding carboxylic acids is 1. The van der Waals surface area contributed by atoms with E-state index in [1.165, 1.54) is 0 Å². The molecule has 1 aromatic heterocycles. The third kappa shape index (κ3) is 3.53. The van der Waals surface area contributed by atoms with Crippen molar-refractivity contribution in [2.45, 2.75) is 25.4 Å². The molecule has 0 unspecified atom stereocenters. The molecule has 3 heterocycles. The number of hydrogen-bond donors (Lipinski definition) is 2. The average Bonchev–Trinajstić information content (AvgIpc) is 3.34. The van der Waals surface area contributed by atoms with Crippen LogP contribution in [-0.4, -0.2) is 46.3 Å². The number of aromatic nitrogens is 2. The summed E-state index contributed by atoms with van der Waals surface area (Å²) in [6.07, 6.45) is 3.90. The van der Waals surface area contributed by atoms with Crippen molar-refractivity contribution in [3.05, 3.63) is 59.8 Å². The Bertz CT molecular complexity index is 1260. The zero-order valence-corrected chi connectivity index (χ0v) is 18.2. The molecule has 0 spiro atoms. The van der Waals surface area contributed by atoms with Gasteiger partial charge in [-0.25, -0.2) is 0 Å². The number of nitriles is 1. The monoisotopic (exact) mass is 426 g/mol. The van der Waals surface area contributed by atoms with Gasteiger partial charge in [-0.05, 0) is 54.8 Å². The molecule has 2 aromatic carbocycles. The van der Waals surface area contributed by atoms with E-state index in [1.807, 2.05) is 24.0 Å². The van der Waals surface area contributed by atoms with Crippen LogP contribution in [0.3, 0.4) is 0 Å². The number of piperidine rings is 1. The summed E-state index contributed by atoms with van der Waals surface area (Å²) in [5, 5.41) is 21.6. The van der Waals surface area contributed by atoms with Gasteiger partial charge in [0.05, 0.1) is 29.9 Å². The molecule has 2 N–H and O–H groups in total. The Hall–Kier alpha value is -3.63. The highest BCUT2D eigenvalue weighted by molar-refractivity contribution is 6.06. The average molecular weight is 427 g/mol. The van der Waals surface area contributed by atoms with Crippen LogP contribution in [0.5, 0.6) is 0 Å². The molecule has 162 valence electrons. The fourth-order valence-corrected chi connectivity index (χ4v) is 4.76. The minimum Gasteiger partial charge on any atom is -0.382 e. The van der Waals surface area contributed by atoms with E-state index in [1.54, 1.807) is 4.90 Å². The first kappa shape index (κ1) is 20.3. The van der Waals surface area contributed by atoms with E-state index in [2.05, 4.69) is 52.6 Å². The van der Waals surface area contributed by atoms with Gasteiger partial charge < -0.3 is 15.5 Å². The summed E-state index contributed by atoms with van der Waals surface area (Å²) in [7, 11) is 1.93. The zero-order valence-electron chi connectivity index (χ0n) is 18.2. The van der Waals surface area contributed by atoms with E-state index in [9.17, 15) is 10.1 Å². The second-order valence-electron chi connectivity index (χ2n) is 8.60. The van der Waals surface area contributed by atoms with Crippen LogP contribution in [-0.2, 0) is 13.6 Å². The van der Waals surface area contributed by atoms with Gasteiger partial charge in [0.25, 0.3) is 5.91 Å². The van der Waals surface area contributed by atoms with E-state index in [-0.39, 0.29) is 12.5 Å². The van der Waals surface area contributed by atoms with Crippen LogP contribution in [0.1, 0.15) is 28.8 Å². The quantitative estimate of drug-likeness (QED) is 0.611. The number of nitrogens with one attached hydrogen (secondary N) is 2. The molecule has 7 heteroatoms. The van der Waals surface area contributed by atoms with Crippen LogP contribution in [0.25, 0.3) is 22.0 Å². The van der Waals surface area contributed by atoms with Crippen molar-refractivity contribution < 1.29 is 4.79 Å². The van der Waals surface area contributed by atoms with Gasteiger partial charge in [0, 0.05) is 36.3 Å². The van der Waals surface area contributed by atoms with Crippen LogP contribution in [0.4, 0.5) is 5.69 Å². The number of benzene rings is 2. The molecule has 2 aliphatic rings. The van der Waals surface area contributed by atoms with Gasteiger partial charge in [-0.3, -0.25) is 9.48 Å². The van der Waals surface area contributed by atoms with Gasteiger partial charge in [0.1, 0.15) is 0 Å². The predicted molar refractivity (Wildman–Crippen MR) is 125 cm³/mol. The highest BCUT2D eigenvalue weighted by atomic mass is 16.2. The van der Waals surface area contributed by atoms with Gasteiger partial charge in [-0.2, -0.15) is 10.4 Å². The first-order chi connectivity index (χ1) is 15.5. The maximum atomic E-state index is 13.4. The molecule has 0 atom stereocenters. The van der Waals surface area contributed by atoms with E-state index >= 15 is 0 Å². The minimum atomic E-state index is -0.0451. The lowest BCUT2D eigenvalue weighted by Gasteiger charge is -2.26. The maximum absolute atomic E-state index is 13.4. The lowest BCUT2D eigenvalue weighted by atomic mass is 9.94. The van der Waals surface area contributed by atoms with Gasteiger partial charge >= 0.3 is 0 Å². The molecule has 1 saturated heterocycles.